The van der Waals surface area contributed by atoms with Gasteiger partial charge in [-0.2, -0.15) is 0 Å². The molecule has 0 bridgehead atoms. The molecular weight excluding hydrogens is 340 g/mol. The molecule has 1 atom stereocenters. The molecule has 1 N–H and O–H groups in total. The molecule has 0 radical (unpaired) electrons. The fourth-order valence-corrected chi connectivity index (χ4v) is 2.62. The smallest absolute Gasteiger partial charge is 0.339 e. The topological polar surface area (TPSA) is 72.5 Å². The Balaban J connectivity index is 2.02. The summed E-state index contributed by atoms with van der Waals surface area (Å²) in [6, 6.07) is 9.20. The highest BCUT2D eigenvalue weighted by Gasteiger charge is 2.17. The lowest BCUT2D eigenvalue weighted by molar-refractivity contribution is -0.119. The van der Waals surface area contributed by atoms with Gasteiger partial charge in [-0.15, -0.1) is 0 Å². The number of nitrogens with one attached hydrogen (secondary N) is 1. The van der Waals surface area contributed by atoms with Crippen molar-refractivity contribution in [3.05, 3.63) is 59.7 Å². The van der Waals surface area contributed by atoms with E-state index in [9.17, 15) is 22.6 Å². The molecule has 0 aromatic heterocycles. The van der Waals surface area contributed by atoms with Gasteiger partial charge in [0.15, 0.2) is 6.61 Å². The summed E-state index contributed by atoms with van der Waals surface area (Å²) in [6.45, 7) is -0.739. The molecule has 5 nitrogen and oxygen atoms in total. The van der Waals surface area contributed by atoms with Gasteiger partial charge >= 0.3 is 5.97 Å². The van der Waals surface area contributed by atoms with Crippen molar-refractivity contribution in [1.29, 1.82) is 0 Å². The predicted octanol–water partition coefficient (Wildman–Crippen LogP) is 2.50. The van der Waals surface area contributed by atoms with E-state index in [0.29, 0.717) is 0 Å². The number of halogens is 2. The van der Waals surface area contributed by atoms with E-state index in [-0.39, 0.29) is 10.5 Å². The summed E-state index contributed by atoms with van der Waals surface area (Å²) < 4.78 is 43.2. The van der Waals surface area contributed by atoms with Crippen molar-refractivity contribution in [3.63, 3.8) is 0 Å². The Morgan fingerprint density at radius 3 is 2.33 bits per heavy atom. The van der Waals surface area contributed by atoms with Crippen molar-refractivity contribution < 1.29 is 27.3 Å². The van der Waals surface area contributed by atoms with Crippen LogP contribution < -0.4 is 5.32 Å². The molecule has 0 aliphatic carbocycles. The number of hydrogen-bond donors (Lipinski definition) is 1. The first-order valence-electron chi connectivity index (χ1n) is 6.73. The molecule has 0 aliphatic rings. The van der Waals surface area contributed by atoms with E-state index in [1.54, 1.807) is 12.1 Å². The lowest BCUT2D eigenvalue weighted by Gasteiger charge is -2.09. The number of amides is 1. The van der Waals surface area contributed by atoms with Gasteiger partial charge in [0.1, 0.15) is 17.3 Å². The fourth-order valence-electron chi connectivity index (χ4n) is 1.89. The van der Waals surface area contributed by atoms with E-state index in [4.69, 9.17) is 4.74 Å². The molecular formula is C16H13F2NO4S. The van der Waals surface area contributed by atoms with Crippen LogP contribution in [0.1, 0.15) is 10.4 Å². The van der Waals surface area contributed by atoms with Crippen LogP contribution in [0.4, 0.5) is 14.5 Å². The van der Waals surface area contributed by atoms with E-state index < -0.39 is 46.6 Å². The maximum Gasteiger partial charge on any atom is 0.339 e. The molecule has 0 fully saturated rings. The zero-order valence-corrected chi connectivity index (χ0v) is 13.4. The summed E-state index contributed by atoms with van der Waals surface area (Å²) >= 11 is 0. The molecule has 0 spiro atoms. The number of esters is 1. The SMILES string of the molecule is C[S@](=O)c1ccccc1C(=O)OCC(=O)Nc1c(F)cccc1F. The van der Waals surface area contributed by atoms with Crippen LogP contribution >= 0.6 is 0 Å². The third kappa shape index (κ3) is 4.23. The monoisotopic (exact) mass is 353 g/mol. The number of rotatable bonds is 5. The largest absolute Gasteiger partial charge is 0.452 e. The van der Waals surface area contributed by atoms with Gasteiger partial charge in [0, 0.05) is 6.26 Å². The highest BCUT2D eigenvalue weighted by molar-refractivity contribution is 7.84. The van der Waals surface area contributed by atoms with Crippen LogP contribution in [0.25, 0.3) is 0 Å². The van der Waals surface area contributed by atoms with Gasteiger partial charge in [-0.1, -0.05) is 18.2 Å². The van der Waals surface area contributed by atoms with Crippen molar-refractivity contribution >= 4 is 28.4 Å². The van der Waals surface area contributed by atoms with Crippen LogP contribution in [0.2, 0.25) is 0 Å². The minimum Gasteiger partial charge on any atom is -0.452 e. The number of anilines is 1. The average Bonchev–Trinajstić information content (AvgIpc) is 2.56. The predicted molar refractivity (Wildman–Crippen MR) is 84.0 cm³/mol. The third-order valence-electron chi connectivity index (χ3n) is 2.98. The summed E-state index contributed by atoms with van der Waals surface area (Å²) in [5.74, 6) is -3.64. The lowest BCUT2D eigenvalue weighted by atomic mass is 10.2. The molecule has 2 aromatic carbocycles. The maximum atomic E-state index is 13.4. The first-order valence-corrected chi connectivity index (χ1v) is 8.29. The van der Waals surface area contributed by atoms with Crippen LogP contribution in [0.15, 0.2) is 47.4 Å². The van der Waals surface area contributed by atoms with E-state index in [0.717, 1.165) is 18.2 Å². The van der Waals surface area contributed by atoms with Crippen LogP contribution in [-0.4, -0.2) is 28.9 Å². The van der Waals surface area contributed by atoms with Crippen LogP contribution in [0.5, 0.6) is 0 Å². The van der Waals surface area contributed by atoms with Gasteiger partial charge in [-0.25, -0.2) is 13.6 Å². The van der Waals surface area contributed by atoms with Gasteiger partial charge in [0.25, 0.3) is 5.91 Å². The van der Waals surface area contributed by atoms with Crippen LogP contribution in [0.3, 0.4) is 0 Å². The van der Waals surface area contributed by atoms with Crippen molar-refractivity contribution in [2.45, 2.75) is 4.90 Å². The number of para-hydroxylation sites is 1. The Morgan fingerprint density at radius 1 is 1.08 bits per heavy atom. The van der Waals surface area contributed by atoms with Crippen molar-refractivity contribution in [2.24, 2.45) is 0 Å². The molecule has 2 aromatic rings. The van der Waals surface area contributed by atoms with E-state index >= 15 is 0 Å². The summed E-state index contributed by atoms with van der Waals surface area (Å²) in [5, 5.41) is 2.00. The third-order valence-corrected chi connectivity index (χ3v) is 3.95. The maximum absolute atomic E-state index is 13.4. The quantitative estimate of drug-likeness (QED) is 0.839. The molecule has 0 unspecified atom stereocenters. The Morgan fingerprint density at radius 2 is 1.71 bits per heavy atom. The lowest BCUT2D eigenvalue weighted by Crippen LogP contribution is -2.22. The second kappa shape index (κ2) is 7.78. The average molecular weight is 353 g/mol. The van der Waals surface area contributed by atoms with Crippen LogP contribution in [-0.2, 0) is 20.3 Å². The van der Waals surface area contributed by atoms with Crippen LogP contribution in [0, 0.1) is 11.6 Å². The number of benzene rings is 2. The van der Waals surface area contributed by atoms with Crippen molar-refractivity contribution in [2.75, 3.05) is 18.2 Å². The first-order chi connectivity index (χ1) is 11.4. The van der Waals surface area contributed by atoms with Gasteiger partial charge in [0.05, 0.1) is 21.3 Å². The molecule has 24 heavy (non-hydrogen) atoms. The summed E-state index contributed by atoms with van der Waals surface area (Å²) in [5.41, 5.74) is -0.559. The number of hydrogen-bond acceptors (Lipinski definition) is 4. The Labute approximate surface area is 139 Å². The molecule has 0 saturated carbocycles. The fraction of sp³-hybridized carbons (Fsp3) is 0.125. The van der Waals surface area contributed by atoms with E-state index in [2.05, 4.69) is 0 Å². The van der Waals surface area contributed by atoms with Gasteiger partial charge < -0.3 is 10.1 Å². The standard InChI is InChI=1S/C16H13F2NO4S/c1-24(22)13-8-3-2-5-10(13)16(21)23-9-14(20)19-15-11(17)6-4-7-12(15)18/h2-8H,9H2,1H3,(H,19,20)/t24-/m0/s1. The summed E-state index contributed by atoms with van der Waals surface area (Å²) in [7, 11) is -1.41. The Hall–Kier alpha value is -2.61. The number of carbonyl (C=O) groups is 2. The number of ether oxygens (including phenoxy) is 1. The summed E-state index contributed by atoms with van der Waals surface area (Å²) in [4.78, 5) is 23.9. The van der Waals surface area contributed by atoms with Gasteiger partial charge in [0.2, 0.25) is 0 Å². The number of carbonyl (C=O) groups excluding carboxylic acids is 2. The molecule has 0 heterocycles. The van der Waals surface area contributed by atoms with Crippen molar-refractivity contribution in [1.82, 2.24) is 0 Å². The second-order valence-electron chi connectivity index (χ2n) is 4.67. The van der Waals surface area contributed by atoms with Gasteiger partial charge in [-0.3, -0.25) is 9.00 Å². The Bertz CT molecular complexity index is 790. The Kier molecular flexibility index (Phi) is 5.75. The molecule has 8 heteroatoms. The molecule has 126 valence electrons. The summed E-state index contributed by atoms with van der Waals surface area (Å²) in [6.07, 6.45) is 1.40. The second-order valence-corrected chi connectivity index (χ2v) is 6.02. The van der Waals surface area contributed by atoms with E-state index in [1.807, 2.05) is 5.32 Å². The molecule has 0 saturated heterocycles. The minimum atomic E-state index is -1.41. The van der Waals surface area contributed by atoms with Gasteiger partial charge in [-0.05, 0) is 24.3 Å². The molecule has 1 amide bonds. The zero-order valence-electron chi connectivity index (χ0n) is 12.5. The van der Waals surface area contributed by atoms with Crippen molar-refractivity contribution in [3.8, 4) is 0 Å². The molecule has 0 aliphatic heterocycles. The first kappa shape index (κ1) is 17.7. The zero-order chi connectivity index (χ0) is 17.7. The normalized spacial score (nSPS) is 11.6. The van der Waals surface area contributed by atoms with E-state index in [1.165, 1.54) is 18.4 Å². The highest BCUT2D eigenvalue weighted by atomic mass is 32.2. The minimum absolute atomic E-state index is 0.0585. The highest BCUT2D eigenvalue weighted by Crippen LogP contribution is 2.18. The molecule has 2 rings (SSSR count).